The van der Waals surface area contributed by atoms with Crippen LogP contribution in [0.4, 0.5) is 5.82 Å². The van der Waals surface area contributed by atoms with E-state index >= 15 is 0 Å². The van der Waals surface area contributed by atoms with Gasteiger partial charge in [0, 0.05) is 47.2 Å². The lowest BCUT2D eigenvalue weighted by atomic mass is 10.0. The molecule has 0 spiro atoms. The summed E-state index contributed by atoms with van der Waals surface area (Å²) >= 11 is 12.4. The van der Waals surface area contributed by atoms with Crippen LogP contribution in [0.2, 0.25) is 10.0 Å². The van der Waals surface area contributed by atoms with Crippen LogP contribution in [0.25, 0.3) is 0 Å². The van der Waals surface area contributed by atoms with Gasteiger partial charge in [0.25, 0.3) is 5.91 Å². The summed E-state index contributed by atoms with van der Waals surface area (Å²) in [7, 11) is 1.28. The van der Waals surface area contributed by atoms with E-state index < -0.39 is 23.5 Å². The Morgan fingerprint density at radius 2 is 1.95 bits per heavy atom. The van der Waals surface area contributed by atoms with E-state index in [9.17, 15) is 9.59 Å². The maximum absolute atomic E-state index is 13.5. The first-order valence-corrected chi connectivity index (χ1v) is 13.9. The molecule has 1 atom stereocenters. The second-order valence-electron chi connectivity index (χ2n) is 10.5. The average Bonchev–Trinajstić information content (AvgIpc) is 2.90. The molecule has 0 saturated heterocycles. The Balaban J connectivity index is 1.81. The number of methoxy groups -OCH3 is 1. The van der Waals surface area contributed by atoms with E-state index in [-0.39, 0.29) is 24.3 Å². The zero-order valence-corrected chi connectivity index (χ0v) is 24.9. The highest BCUT2D eigenvalue weighted by Gasteiger charge is 2.23. The number of halogens is 2. The minimum absolute atomic E-state index is 0.0149. The molecular formula is C29H37Cl2N5O4. The molecule has 1 aromatic heterocycles. The SMILES string of the molecule is COC(=O)CC(NC(=O)C(C=NCCc1ccc2c(n1)NCCC2)=C(N)COC(C)(C)C)c1cc(Cl)cc(Cl)c1. The Morgan fingerprint density at radius 1 is 1.23 bits per heavy atom. The summed E-state index contributed by atoms with van der Waals surface area (Å²) < 4.78 is 10.6. The highest BCUT2D eigenvalue weighted by Crippen LogP contribution is 2.26. The highest BCUT2D eigenvalue weighted by atomic mass is 35.5. The summed E-state index contributed by atoms with van der Waals surface area (Å²) in [5.41, 5.74) is 8.86. The molecule has 2 heterocycles. The Hall–Kier alpha value is -3.14. The number of pyridine rings is 1. The number of anilines is 1. The number of rotatable bonds is 11. The number of aromatic nitrogens is 1. The largest absolute Gasteiger partial charge is 0.469 e. The molecule has 1 amide bonds. The summed E-state index contributed by atoms with van der Waals surface area (Å²) in [5.74, 6) is -0.120. The number of benzene rings is 1. The summed E-state index contributed by atoms with van der Waals surface area (Å²) in [6, 6.07) is 8.15. The fraction of sp³-hybridized carbons (Fsp3) is 0.448. The van der Waals surface area contributed by atoms with E-state index in [1.807, 2.05) is 26.8 Å². The van der Waals surface area contributed by atoms with Crippen molar-refractivity contribution in [2.75, 3.05) is 32.1 Å². The number of carbonyl (C=O) groups excluding carboxylic acids is 2. The molecular weight excluding hydrogens is 553 g/mol. The van der Waals surface area contributed by atoms with Crippen LogP contribution in [0.3, 0.4) is 0 Å². The second kappa shape index (κ2) is 14.5. The van der Waals surface area contributed by atoms with E-state index in [1.165, 1.54) is 18.9 Å². The fourth-order valence-corrected chi connectivity index (χ4v) is 4.56. The Morgan fingerprint density at radius 3 is 2.62 bits per heavy atom. The van der Waals surface area contributed by atoms with Crippen molar-refractivity contribution in [3.63, 3.8) is 0 Å². The minimum Gasteiger partial charge on any atom is -0.469 e. The zero-order chi connectivity index (χ0) is 29.3. The van der Waals surface area contributed by atoms with E-state index in [0.717, 1.165) is 30.9 Å². The molecule has 1 unspecified atom stereocenters. The van der Waals surface area contributed by atoms with E-state index in [0.29, 0.717) is 28.6 Å². The van der Waals surface area contributed by atoms with Gasteiger partial charge in [-0.2, -0.15) is 0 Å². The number of aryl methyl sites for hydroxylation is 1. The van der Waals surface area contributed by atoms with Crippen molar-refractivity contribution in [3.8, 4) is 0 Å². The second-order valence-corrected chi connectivity index (χ2v) is 11.3. The number of fused-ring (bicyclic) bond motifs is 1. The van der Waals surface area contributed by atoms with Crippen molar-refractivity contribution in [1.82, 2.24) is 10.3 Å². The third-order valence-electron chi connectivity index (χ3n) is 6.11. The molecule has 2 aromatic rings. The van der Waals surface area contributed by atoms with E-state index in [2.05, 4.69) is 21.7 Å². The van der Waals surface area contributed by atoms with Gasteiger partial charge >= 0.3 is 5.97 Å². The summed E-state index contributed by atoms with van der Waals surface area (Å²) in [4.78, 5) is 34.9. The first kappa shape index (κ1) is 31.4. The molecule has 0 fully saturated rings. The number of esters is 1. The molecule has 216 valence electrons. The molecule has 0 aliphatic carbocycles. The number of aliphatic imine (C=N–C) groups is 1. The van der Waals surface area contributed by atoms with Gasteiger partial charge < -0.3 is 25.8 Å². The number of ether oxygens (including phenoxy) is 2. The van der Waals surface area contributed by atoms with Crippen molar-refractivity contribution in [1.29, 1.82) is 0 Å². The Labute approximate surface area is 245 Å². The van der Waals surface area contributed by atoms with Gasteiger partial charge in [0.2, 0.25) is 0 Å². The van der Waals surface area contributed by atoms with Crippen LogP contribution in [0, 0.1) is 0 Å². The number of nitrogens with two attached hydrogens (primary N) is 1. The molecule has 11 heteroatoms. The lowest BCUT2D eigenvalue weighted by Crippen LogP contribution is -2.34. The third-order valence-corrected chi connectivity index (χ3v) is 6.55. The van der Waals surface area contributed by atoms with Gasteiger partial charge in [-0.3, -0.25) is 14.6 Å². The maximum Gasteiger partial charge on any atom is 0.307 e. The van der Waals surface area contributed by atoms with E-state index in [4.69, 9.17) is 43.4 Å². The van der Waals surface area contributed by atoms with Gasteiger partial charge in [-0.25, -0.2) is 4.98 Å². The van der Waals surface area contributed by atoms with Gasteiger partial charge in [-0.15, -0.1) is 0 Å². The molecule has 1 aliphatic heterocycles. The van der Waals surface area contributed by atoms with Crippen molar-refractivity contribution in [2.45, 2.75) is 58.1 Å². The van der Waals surface area contributed by atoms with Gasteiger partial charge in [0.15, 0.2) is 0 Å². The normalized spacial score (nSPS) is 14.7. The average molecular weight is 591 g/mol. The summed E-state index contributed by atoms with van der Waals surface area (Å²) in [5, 5.41) is 6.93. The number of amides is 1. The van der Waals surface area contributed by atoms with E-state index in [1.54, 1.807) is 18.2 Å². The molecule has 0 bridgehead atoms. The number of nitrogens with one attached hydrogen (secondary N) is 2. The van der Waals surface area contributed by atoms with Gasteiger partial charge in [-0.05, 0) is 69.0 Å². The quantitative estimate of drug-likeness (QED) is 0.195. The molecule has 3 rings (SSSR count). The molecule has 4 N–H and O–H groups in total. The number of hydrogen-bond donors (Lipinski definition) is 3. The maximum atomic E-state index is 13.5. The van der Waals surface area contributed by atoms with Crippen LogP contribution in [-0.4, -0.2) is 55.5 Å². The van der Waals surface area contributed by atoms with Crippen molar-refractivity contribution in [3.05, 3.63) is 68.5 Å². The number of carbonyl (C=O) groups is 2. The molecule has 1 aliphatic rings. The van der Waals surface area contributed by atoms with Gasteiger partial charge in [0.1, 0.15) is 5.82 Å². The van der Waals surface area contributed by atoms with Crippen LogP contribution in [0.5, 0.6) is 0 Å². The summed E-state index contributed by atoms with van der Waals surface area (Å²) in [6.45, 7) is 7.00. The standard InChI is InChI=1S/C29H37Cl2N5O4/c1-29(2,3)40-17-24(32)23(16-33-11-9-22-8-7-18-6-5-10-34-27(18)35-22)28(38)36-25(15-26(37)39-4)19-12-20(30)14-21(31)13-19/h7-8,12-14,16,25H,5-6,9-11,15,17,32H2,1-4H3,(H,34,35)(H,36,38). The highest BCUT2D eigenvalue weighted by molar-refractivity contribution is 6.34. The first-order chi connectivity index (χ1) is 18.9. The van der Waals surface area contributed by atoms with Gasteiger partial charge in [-0.1, -0.05) is 29.3 Å². The lowest BCUT2D eigenvalue weighted by molar-refractivity contribution is -0.141. The monoisotopic (exact) mass is 589 g/mol. The Bertz CT molecular complexity index is 1250. The Kier molecular flexibility index (Phi) is 11.4. The van der Waals surface area contributed by atoms with Crippen LogP contribution in [-0.2, 0) is 31.9 Å². The topological polar surface area (TPSA) is 128 Å². The number of nitrogens with zero attached hydrogens (tertiary/aromatic N) is 2. The predicted molar refractivity (Wildman–Crippen MR) is 159 cm³/mol. The molecule has 0 saturated carbocycles. The lowest BCUT2D eigenvalue weighted by Gasteiger charge is -2.22. The summed E-state index contributed by atoms with van der Waals surface area (Å²) in [6.07, 6.45) is 4.00. The fourth-order valence-electron chi connectivity index (χ4n) is 4.02. The van der Waals surface area contributed by atoms with Crippen molar-refractivity contribution in [2.24, 2.45) is 10.7 Å². The van der Waals surface area contributed by atoms with Crippen LogP contribution in [0.1, 0.15) is 56.5 Å². The van der Waals surface area contributed by atoms with Crippen LogP contribution >= 0.6 is 23.2 Å². The van der Waals surface area contributed by atoms with Crippen molar-refractivity contribution < 1.29 is 19.1 Å². The molecule has 40 heavy (non-hydrogen) atoms. The van der Waals surface area contributed by atoms with Crippen LogP contribution < -0.4 is 16.4 Å². The first-order valence-electron chi connectivity index (χ1n) is 13.1. The molecule has 1 aromatic carbocycles. The smallest absolute Gasteiger partial charge is 0.307 e. The van der Waals surface area contributed by atoms with Crippen molar-refractivity contribution >= 4 is 47.1 Å². The predicted octanol–water partition coefficient (Wildman–Crippen LogP) is 4.81. The molecule has 9 nitrogen and oxygen atoms in total. The molecule has 0 radical (unpaired) electrons. The minimum atomic E-state index is -0.775. The third kappa shape index (κ3) is 9.80. The zero-order valence-electron chi connectivity index (χ0n) is 23.4. The number of hydrogen-bond acceptors (Lipinski definition) is 8. The van der Waals surface area contributed by atoms with Crippen LogP contribution in [0.15, 0.2) is 46.6 Å². The van der Waals surface area contributed by atoms with Gasteiger partial charge in [0.05, 0.1) is 37.4 Å².